The van der Waals surface area contributed by atoms with Crippen LogP contribution in [0.25, 0.3) is 11.1 Å². The Morgan fingerprint density at radius 2 is 1.75 bits per heavy atom. The van der Waals surface area contributed by atoms with Crippen LogP contribution in [0.1, 0.15) is 11.1 Å². The molecule has 16 heavy (non-hydrogen) atoms. The summed E-state index contributed by atoms with van der Waals surface area (Å²) in [6, 6.07) is 14.2. The van der Waals surface area contributed by atoms with Crippen molar-refractivity contribution in [2.75, 3.05) is 0 Å². The van der Waals surface area contributed by atoms with Crippen LogP contribution in [0, 0.1) is 6.92 Å². The lowest BCUT2D eigenvalue weighted by atomic mass is 10.0. The van der Waals surface area contributed by atoms with Gasteiger partial charge in [-0.1, -0.05) is 47.5 Å². The van der Waals surface area contributed by atoms with E-state index in [-0.39, 0.29) is 0 Å². The second-order valence-electron chi connectivity index (χ2n) is 3.88. The molecule has 0 bridgehead atoms. The summed E-state index contributed by atoms with van der Waals surface area (Å²) in [5.74, 6) is 0. The second-order valence-corrected chi connectivity index (χ2v) is 4.29. The maximum atomic E-state index is 6.19. The summed E-state index contributed by atoms with van der Waals surface area (Å²) in [7, 11) is 0. The maximum Gasteiger partial charge on any atom is 0.0484 e. The number of rotatable bonds is 2. The Labute approximate surface area is 101 Å². The van der Waals surface area contributed by atoms with Gasteiger partial charge in [0, 0.05) is 17.1 Å². The number of nitrogens with two attached hydrogens (primary N) is 1. The van der Waals surface area contributed by atoms with Crippen LogP contribution in [-0.2, 0) is 6.54 Å². The van der Waals surface area contributed by atoms with Gasteiger partial charge in [-0.25, -0.2) is 0 Å². The molecule has 2 heteroatoms. The molecule has 0 fully saturated rings. The van der Waals surface area contributed by atoms with E-state index in [9.17, 15) is 0 Å². The van der Waals surface area contributed by atoms with Crippen LogP contribution in [0.4, 0.5) is 0 Å². The molecule has 2 aromatic carbocycles. The topological polar surface area (TPSA) is 26.0 Å². The normalized spacial score (nSPS) is 10.4. The molecule has 0 aromatic heterocycles. The zero-order valence-electron chi connectivity index (χ0n) is 9.20. The molecule has 2 rings (SSSR count). The van der Waals surface area contributed by atoms with Gasteiger partial charge in [0.1, 0.15) is 0 Å². The zero-order chi connectivity index (χ0) is 11.5. The molecule has 0 amide bonds. The first kappa shape index (κ1) is 11.2. The fraction of sp³-hybridized carbons (Fsp3) is 0.143. The summed E-state index contributed by atoms with van der Waals surface area (Å²) < 4.78 is 0. The first-order valence-corrected chi connectivity index (χ1v) is 5.64. The molecule has 2 aromatic rings. The van der Waals surface area contributed by atoms with Crippen LogP contribution < -0.4 is 5.73 Å². The van der Waals surface area contributed by atoms with Crippen LogP contribution in [0.3, 0.4) is 0 Å². The van der Waals surface area contributed by atoms with Gasteiger partial charge in [-0.05, 0) is 30.2 Å². The molecule has 0 radical (unpaired) electrons. The molecule has 0 heterocycles. The van der Waals surface area contributed by atoms with Gasteiger partial charge in [0.15, 0.2) is 0 Å². The van der Waals surface area contributed by atoms with E-state index in [0.717, 1.165) is 21.7 Å². The monoisotopic (exact) mass is 231 g/mol. The molecular weight excluding hydrogens is 218 g/mol. The average Bonchev–Trinajstić information content (AvgIpc) is 2.31. The van der Waals surface area contributed by atoms with Gasteiger partial charge in [0.2, 0.25) is 0 Å². The van der Waals surface area contributed by atoms with Gasteiger partial charge >= 0.3 is 0 Å². The van der Waals surface area contributed by atoms with Crippen LogP contribution in [0.15, 0.2) is 42.5 Å². The van der Waals surface area contributed by atoms with Crippen LogP contribution >= 0.6 is 11.6 Å². The highest BCUT2D eigenvalue weighted by atomic mass is 35.5. The van der Waals surface area contributed by atoms with Crippen LogP contribution in [0.2, 0.25) is 5.02 Å². The summed E-state index contributed by atoms with van der Waals surface area (Å²) in [6.45, 7) is 2.61. The molecule has 0 spiro atoms. The minimum absolute atomic E-state index is 0.538. The Kier molecular flexibility index (Phi) is 3.28. The smallest absolute Gasteiger partial charge is 0.0484 e. The van der Waals surface area contributed by atoms with Gasteiger partial charge < -0.3 is 5.73 Å². The highest BCUT2D eigenvalue weighted by molar-refractivity contribution is 6.33. The quantitative estimate of drug-likeness (QED) is 0.837. The molecule has 1 nitrogen and oxygen atoms in total. The molecule has 0 saturated heterocycles. The van der Waals surface area contributed by atoms with Crippen LogP contribution in [0.5, 0.6) is 0 Å². The summed E-state index contributed by atoms with van der Waals surface area (Å²) in [5, 5.41) is 0.765. The van der Waals surface area contributed by atoms with Gasteiger partial charge in [0.25, 0.3) is 0 Å². The van der Waals surface area contributed by atoms with Crippen molar-refractivity contribution in [2.45, 2.75) is 13.5 Å². The molecular formula is C14H14ClN. The number of aryl methyl sites for hydroxylation is 1. The predicted molar refractivity (Wildman–Crippen MR) is 69.5 cm³/mol. The van der Waals surface area contributed by atoms with Crippen molar-refractivity contribution in [1.29, 1.82) is 0 Å². The van der Waals surface area contributed by atoms with Crippen molar-refractivity contribution in [3.8, 4) is 11.1 Å². The minimum atomic E-state index is 0.538. The van der Waals surface area contributed by atoms with E-state index in [1.165, 1.54) is 5.56 Å². The van der Waals surface area contributed by atoms with E-state index in [1.807, 2.05) is 18.2 Å². The SMILES string of the molecule is Cc1ccc(-c2cc(CN)ccc2Cl)cc1. The standard InChI is InChI=1S/C14H14ClN/c1-10-2-5-12(6-3-10)13-8-11(9-16)4-7-14(13)15/h2-8H,9,16H2,1H3. The fourth-order valence-corrected chi connectivity index (χ4v) is 1.88. The lowest BCUT2D eigenvalue weighted by Crippen LogP contribution is -1.96. The summed E-state index contributed by atoms with van der Waals surface area (Å²) in [5.41, 5.74) is 10.1. The zero-order valence-corrected chi connectivity index (χ0v) is 9.96. The van der Waals surface area contributed by atoms with E-state index in [4.69, 9.17) is 17.3 Å². The third kappa shape index (κ3) is 2.26. The highest BCUT2D eigenvalue weighted by Crippen LogP contribution is 2.28. The molecule has 0 aliphatic heterocycles. The number of halogens is 1. The summed E-state index contributed by atoms with van der Waals surface area (Å²) >= 11 is 6.19. The molecule has 0 unspecified atom stereocenters. The summed E-state index contributed by atoms with van der Waals surface area (Å²) in [6.07, 6.45) is 0. The second kappa shape index (κ2) is 4.69. The van der Waals surface area contributed by atoms with E-state index in [0.29, 0.717) is 6.54 Å². The molecule has 0 aliphatic carbocycles. The Morgan fingerprint density at radius 1 is 1.06 bits per heavy atom. The molecule has 82 valence electrons. The molecule has 2 N–H and O–H groups in total. The van der Waals surface area contributed by atoms with Gasteiger partial charge in [-0.15, -0.1) is 0 Å². The first-order chi connectivity index (χ1) is 7.70. The fourth-order valence-electron chi connectivity index (χ4n) is 1.65. The largest absolute Gasteiger partial charge is 0.326 e. The predicted octanol–water partition coefficient (Wildman–Crippen LogP) is 3.77. The highest BCUT2D eigenvalue weighted by Gasteiger charge is 2.04. The Bertz CT molecular complexity index is 489. The first-order valence-electron chi connectivity index (χ1n) is 5.26. The molecule has 0 aliphatic rings. The Morgan fingerprint density at radius 3 is 2.38 bits per heavy atom. The maximum absolute atomic E-state index is 6.19. The minimum Gasteiger partial charge on any atom is -0.326 e. The van der Waals surface area contributed by atoms with Gasteiger partial charge in [-0.3, -0.25) is 0 Å². The molecule has 0 saturated carbocycles. The lowest BCUT2D eigenvalue weighted by Gasteiger charge is -2.07. The lowest BCUT2D eigenvalue weighted by molar-refractivity contribution is 1.07. The number of hydrogen-bond acceptors (Lipinski definition) is 1. The van der Waals surface area contributed by atoms with Crippen molar-refractivity contribution < 1.29 is 0 Å². The van der Waals surface area contributed by atoms with Crippen LogP contribution in [-0.4, -0.2) is 0 Å². The van der Waals surface area contributed by atoms with Crippen molar-refractivity contribution >= 4 is 11.6 Å². The third-order valence-electron chi connectivity index (χ3n) is 2.63. The molecule has 0 atom stereocenters. The van der Waals surface area contributed by atoms with Crippen molar-refractivity contribution in [1.82, 2.24) is 0 Å². The Hall–Kier alpha value is -1.31. The number of benzene rings is 2. The van der Waals surface area contributed by atoms with E-state index in [1.54, 1.807) is 0 Å². The van der Waals surface area contributed by atoms with E-state index < -0.39 is 0 Å². The van der Waals surface area contributed by atoms with Gasteiger partial charge in [0.05, 0.1) is 0 Å². The van der Waals surface area contributed by atoms with Gasteiger partial charge in [-0.2, -0.15) is 0 Å². The van der Waals surface area contributed by atoms with Crippen molar-refractivity contribution in [3.05, 3.63) is 58.6 Å². The van der Waals surface area contributed by atoms with Crippen molar-refractivity contribution in [2.24, 2.45) is 5.73 Å². The average molecular weight is 232 g/mol. The van der Waals surface area contributed by atoms with E-state index in [2.05, 4.69) is 31.2 Å². The van der Waals surface area contributed by atoms with E-state index >= 15 is 0 Å². The Balaban J connectivity index is 2.50. The number of hydrogen-bond donors (Lipinski definition) is 1. The van der Waals surface area contributed by atoms with Crippen molar-refractivity contribution in [3.63, 3.8) is 0 Å². The summed E-state index contributed by atoms with van der Waals surface area (Å²) in [4.78, 5) is 0. The third-order valence-corrected chi connectivity index (χ3v) is 2.96.